The molecule has 0 aliphatic carbocycles. The van der Waals surface area contributed by atoms with Crippen molar-refractivity contribution in [1.82, 2.24) is 4.98 Å². The van der Waals surface area contributed by atoms with Crippen molar-refractivity contribution in [1.29, 1.82) is 0 Å². The standard InChI is InChI=1S/C6H8NS/c1-5(2)6-3-7-4-8-6/h3,5H,1-2H3. The van der Waals surface area contributed by atoms with E-state index in [2.05, 4.69) is 24.3 Å². The highest BCUT2D eigenvalue weighted by atomic mass is 32.1. The number of hydrogen-bond donors (Lipinski definition) is 0. The van der Waals surface area contributed by atoms with Crippen LogP contribution in [0.25, 0.3) is 0 Å². The van der Waals surface area contributed by atoms with Gasteiger partial charge in [-0.15, -0.1) is 11.3 Å². The van der Waals surface area contributed by atoms with Crippen LogP contribution in [0, 0.1) is 5.51 Å². The van der Waals surface area contributed by atoms with Crippen molar-refractivity contribution in [3.05, 3.63) is 16.6 Å². The Morgan fingerprint density at radius 2 is 2.50 bits per heavy atom. The molecule has 0 fully saturated rings. The van der Waals surface area contributed by atoms with Crippen LogP contribution >= 0.6 is 11.3 Å². The third-order valence-corrected chi connectivity index (χ3v) is 1.99. The van der Waals surface area contributed by atoms with Crippen LogP contribution in [0.1, 0.15) is 24.6 Å². The van der Waals surface area contributed by atoms with Crippen LogP contribution in [0.15, 0.2) is 6.20 Å². The summed E-state index contributed by atoms with van der Waals surface area (Å²) in [6.45, 7) is 4.31. The van der Waals surface area contributed by atoms with E-state index in [1.165, 1.54) is 4.88 Å². The zero-order valence-corrected chi connectivity index (χ0v) is 5.83. The minimum Gasteiger partial charge on any atom is -0.242 e. The molecule has 1 radical (unpaired) electrons. The topological polar surface area (TPSA) is 12.9 Å². The summed E-state index contributed by atoms with van der Waals surface area (Å²) in [5, 5.41) is 0. The first-order valence-corrected chi connectivity index (χ1v) is 3.44. The van der Waals surface area contributed by atoms with Crippen molar-refractivity contribution >= 4 is 11.3 Å². The molecule has 1 heterocycles. The van der Waals surface area contributed by atoms with Gasteiger partial charge in [-0.2, -0.15) is 0 Å². The largest absolute Gasteiger partial charge is 0.242 e. The number of hydrogen-bond acceptors (Lipinski definition) is 2. The molecule has 0 saturated heterocycles. The molecular formula is C6H8NS. The second-order valence-corrected chi connectivity index (χ2v) is 2.87. The van der Waals surface area contributed by atoms with E-state index >= 15 is 0 Å². The highest BCUT2D eigenvalue weighted by Crippen LogP contribution is 2.16. The normalized spacial score (nSPS) is 10.4. The van der Waals surface area contributed by atoms with Gasteiger partial charge in [-0.05, 0) is 5.92 Å². The Morgan fingerprint density at radius 3 is 2.75 bits per heavy atom. The van der Waals surface area contributed by atoms with Gasteiger partial charge in [0, 0.05) is 11.1 Å². The Hall–Kier alpha value is -0.370. The van der Waals surface area contributed by atoms with Gasteiger partial charge in [-0.25, -0.2) is 4.98 Å². The highest BCUT2D eigenvalue weighted by Gasteiger charge is 1.97. The highest BCUT2D eigenvalue weighted by molar-refractivity contribution is 7.09. The zero-order chi connectivity index (χ0) is 5.98. The fourth-order valence-corrected chi connectivity index (χ4v) is 1.01. The molecule has 0 saturated carbocycles. The molecule has 1 aromatic heterocycles. The second-order valence-electron chi connectivity index (χ2n) is 2.01. The molecule has 0 aliphatic rings. The van der Waals surface area contributed by atoms with E-state index in [0.717, 1.165) is 0 Å². The quantitative estimate of drug-likeness (QED) is 0.561. The van der Waals surface area contributed by atoms with Crippen LogP contribution in [0.2, 0.25) is 0 Å². The Morgan fingerprint density at radius 1 is 1.75 bits per heavy atom. The lowest BCUT2D eigenvalue weighted by molar-refractivity contribution is 0.885. The molecule has 0 aliphatic heterocycles. The molecule has 0 bridgehead atoms. The fourth-order valence-electron chi connectivity index (χ4n) is 0.462. The number of thiazole rings is 1. The van der Waals surface area contributed by atoms with Gasteiger partial charge in [0.15, 0.2) is 5.51 Å². The van der Waals surface area contributed by atoms with Crippen molar-refractivity contribution in [2.24, 2.45) is 0 Å². The van der Waals surface area contributed by atoms with E-state index < -0.39 is 0 Å². The summed E-state index contributed by atoms with van der Waals surface area (Å²) < 4.78 is 0. The van der Waals surface area contributed by atoms with Crippen molar-refractivity contribution in [2.75, 3.05) is 0 Å². The predicted molar refractivity (Wildman–Crippen MR) is 35.0 cm³/mol. The molecule has 43 valence electrons. The van der Waals surface area contributed by atoms with Gasteiger partial charge in [0.1, 0.15) is 0 Å². The first-order valence-electron chi connectivity index (χ1n) is 2.62. The van der Waals surface area contributed by atoms with E-state index in [1.807, 2.05) is 6.20 Å². The van der Waals surface area contributed by atoms with E-state index in [-0.39, 0.29) is 0 Å². The van der Waals surface area contributed by atoms with Gasteiger partial charge in [0.05, 0.1) is 0 Å². The number of aromatic nitrogens is 1. The molecule has 1 aromatic rings. The SMILES string of the molecule is CC(C)c1cn[c]s1. The average Bonchev–Trinajstić information content (AvgIpc) is 2.12. The van der Waals surface area contributed by atoms with Gasteiger partial charge in [0.2, 0.25) is 0 Å². The summed E-state index contributed by atoms with van der Waals surface area (Å²) in [4.78, 5) is 5.15. The molecule has 1 rings (SSSR count). The fraction of sp³-hybridized carbons (Fsp3) is 0.500. The molecule has 0 atom stereocenters. The number of nitrogens with zero attached hydrogens (tertiary/aromatic N) is 1. The van der Waals surface area contributed by atoms with E-state index in [9.17, 15) is 0 Å². The lowest BCUT2D eigenvalue weighted by atomic mass is 10.2. The minimum absolute atomic E-state index is 0.610. The van der Waals surface area contributed by atoms with Gasteiger partial charge in [0.25, 0.3) is 0 Å². The molecule has 0 spiro atoms. The van der Waals surface area contributed by atoms with Crippen molar-refractivity contribution in [3.8, 4) is 0 Å². The summed E-state index contributed by atoms with van der Waals surface area (Å²) in [6.07, 6.45) is 1.87. The van der Waals surface area contributed by atoms with Gasteiger partial charge in [-0.1, -0.05) is 13.8 Å². The Labute approximate surface area is 53.4 Å². The maximum Gasteiger partial charge on any atom is 0.152 e. The summed E-state index contributed by atoms with van der Waals surface area (Å²) in [6, 6.07) is 0. The maximum absolute atomic E-state index is 3.84. The monoisotopic (exact) mass is 126 g/mol. The molecule has 8 heavy (non-hydrogen) atoms. The molecule has 0 N–H and O–H groups in total. The van der Waals surface area contributed by atoms with Crippen LogP contribution in [-0.4, -0.2) is 4.98 Å². The summed E-state index contributed by atoms with van der Waals surface area (Å²) >= 11 is 1.59. The van der Waals surface area contributed by atoms with E-state index in [0.29, 0.717) is 5.92 Å². The van der Waals surface area contributed by atoms with Crippen LogP contribution in [0.4, 0.5) is 0 Å². The van der Waals surface area contributed by atoms with E-state index in [4.69, 9.17) is 0 Å². The Kier molecular flexibility index (Phi) is 1.63. The summed E-state index contributed by atoms with van der Waals surface area (Å²) in [5.74, 6) is 0.610. The summed E-state index contributed by atoms with van der Waals surface area (Å²) in [7, 11) is 0. The molecular weight excluding hydrogens is 118 g/mol. The lowest BCUT2D eigenvalue weighted by Gasteiger charge is -1.94. The van der Waals surface area contributed by atoms with Gasteiger partial charge < -0.3 is 0 Å². The van der Waals surface area contributed by atoms with Gasteiger partial charge in [-0.3, -0.25) is 0 Å². The van der Waals surface area contributed by atoms with Crippen molar-refractivity contribution < 1.29 is 0 Å². The third-order valence-electron chi connectivity index (χ3n) is 0.977. The second kappa shape index (κ2) is 2.27. The average molecular weight is 126 g/mol. The third kappa shape index (κ3) is 1.07. The van der Waals surface area contributed by atoms with Gasteiger partial charge >= 0.3 is 0 Å². The summed E-state index contributed by atoms with van der Waals surface area (Å²) in [5.41, 5.74) is 2.80. The molecule has 2 heteroatoms. The minimum atomic E-state index is 0.610. The number of rotatable bonds is 1. The zero-order valence-electron chi connectivity index (χ0n) is 5.01. The lowest BCUT2D eigenvalue weighted by Crippen LogP contribution is -1.77. The Balaban J connectivity index is 2.77. The molecule has 0 aromatic carbocycles. The maximum atomic E-state index is 3.84. The van der Waals surface area contributed by atoms with Crippen molar-refractivity contribution in [2.45, 2.75) is 19.8 Å². The van der Waals surface area contributed by atoms with Crippen LogP contribution < -0.4 is 0 Å². The molecule has 1 nitrogen and oxygen atoms in total. The molecule has 0 unspecified atom stereocenters. The smallest absolute Gasteiger partial charge is 0.152 e. The van der Waals surface area contributed by atoms with Crippen molar-refractivity contribution in [3.63, 3.8) is 0 Å². The predicted octanol–water partition coefficient (Wildman–Crippen LogP) is 2.07. The Bertz CT molecular complexity index is 144. The van der Waals surface area contributed by atoms with Crippen LogP contribution in [0.3, 0.4) is 0 Å². The molecule has 0 amide bonds. The van der Waals surface area contributed by atoms with E-state index in [1.54, 1.807) is 11.3 Å². The first kappa shape index (κ1) is 5.76. The van der Waals surface area contributed by atoms with Crippen LogP contribution in [0.5, 0.6) is 0 Å². The first-order chi connectivity index (χ1) is 3.80. The van der Waals surface area contributed by atoms with Crippen LogP contribution in [-0.2, 0) is 0 Å².